The molecular formula is C21H21N3O4S. The van der Waals surface area contributed by atoms with Crippen LogP contribution in [-0.4, -0.2) is 23.9 Å². The zero-order valence-corrected chi connectivity index (χ0v) is 17.1. The Labute approximate surface area is 172 Å². The van der Waals surface area contributed by atoms with Gasteiger partial charge in [0.25, 0.3) is 5.91 Å². The summed E-state index contributed by atoms with van der Waals surface area (Å²) in [4.78, 5) is 28.2. The Morgan fingerprint density at radius 2 is 1.86 bits per heavy atom. The van der Waals surface area contributed by atoms with Gasteiger partial charge in [-0.15, -0.1) is 11.3 Å². The van der Waals surface area contributed by atoms with Crippen LogP contribution in [0, 0.1) is 6.92 Å². The monoisotopic (exact) mass is 411 g/mol. The lowest BCUT2D eigenvalue weighted by atomic mass is 10.2. The maximum Gasteiger partial charge on any atom is 0.255 e. The number of carbonyl (C=O) groups excluding carboxylic acids is 2. The summed E-state index contributed by atoms with van der Waals surface area (Å²) in [6.07, 6.45) is 0. The number of ether oxygens (including phenoxy) is 2. The first kappa shape index (κ1) is 20.3. The predicted molar refractivity (Wildman–Crippen MR) is 113 cm³/mol. The first-order chi connectivity index (χ1) is 13.9. The first-order valence-corrected chi connectivity index (χ1v) is 9.73. The first-order valence-electron chi connectivity index (χ1n) is 8.85. The summed E-state index contributed by atoms with van der Waals surface area (Å²) < 4.78 is 10.9. The van der Waals surface area contributed by atoms with Gasteiger partial charge in [0, 0.05) is 23.6 Å². The number of anilines is 2. The van der Waals surface area contributed by atoms with E-state index in [0.29, 0.717) is 35.0 Å². The van der Waals surface area contributed by atoms with Gasteiger partial charge in [-0.25, -0.2) is 4.98 Å². The summed E-state index contributed by atoms with van der Waals surface area (Å²) in [5, 5.41) is 8.44. The third-order valence-electron chi connectivity index (χ3n) is 3.94. The minimum absolute atomic E-state index is 0.227. The highest BCUT2D eigenvalue weighted by molar-refractivity contribution is 7.09. The van der Waals surface area contributed by atoms with E-state index in [1.807, 2.05) is 12.3 Å². The molecule has 0 fully saturated rings. The number of benzene rings is 2. The molecular weight excluding hydrogens is 390 g/mol. The second-order valence-electron chi connectivity index (χ2n) is 6.22. The number of carbonyl (C=O) groups is 2. The van der Waals surface area contributed by atoms with E-state index in [0.717, 1.165) is 10.7 Å². The van der Waals surface area contributed by atoms with Crippen molar-refractivity contribution >= 4 is 34.5 Å². The SMILES string of the molecule is COc1ccc(NC(=O)c2ccc(OCc3csc(C)n3)cc2)cc1NC(C)=O. The van der Waals surface area contributed by atoms with E-state index < -0.39 is 0 Å². The number of methoxy groups -OCH3 is 1. The summed E-state index contributed by atoms with van der Waals surface area (Å²) in [5.41, 5.74) is 2.39. The van der Waals surface area contributed by atoms with Crippen molar-refractivity contribution < 1.29 is 19.1 Å². The smallest absolute Gasteiger partial charge is 0.255 e. The Morgan fingerprint density at radius 3 is 2.48 bits per heavy atom. The summed E-state index contributed by atoms with van der Waals surface area (Å²) >= 11 is 1.58. The fourth-order valence-electron chi connectivity index (χ4n) is 2.61. The van der Waals surface area contributed by atoms with Crippen LogP contribution >= 0.6 is 11.3 Å². The molecule has 2 aromatic carbocycles. The van der Waals surface area contributed by atoms with Crippen molar-refractivity contribution in [3.05, 3.63) is 64.1 Å². The van der Waals surface area contributed by atoms with Crippen LogP contribution in [-0.2, 0) is 11.4 Å². The van der Waals surface area contributed by atoms with Gasteiger partial charge in [0.15, 0.2) is 0 Å². The van der Waals surface area contributed by atoms with Crippen LogP contribution < -0.4 is 20.1 Å². The van der Waals surface area contributed by atoms with Gasteiger partial charge >= 0.3 is 0 Å². The molecule has 8 heteroatoms. The molecule has 1 aromatic heterocycles. The van der Waals surface area contributed by atoms with Crippen LogP contribution in [0.25, 0.3) is 0 Å². The molecule has 0 unspecified atom stereocenters. The molecule has 2 N–H and O–H groups in total. The average molecular weight is 411 g/mol. The number of aromatic nitrogens is 1. The van der Waals surface area contributed by atoms with Crippen molar-refractivity contribution in [1.82, 2.24) is 4.98 Å². The van der Waals surface area contributed by atoms with Crippen LogP contribution in [0.1, 0.15) is 28.0 Å². The number of rotatable bonds is 7. The second-order valence-corrected chi connectivity index (χ2v) is 7.28. The van der Waals surface area contributed by atoms with Crippen LogP contribution in [0.2, 0.25) is 0 Å². The maximum absolute atomic E-state index is 12.5. The number of amides is 2. The van der Waals surface area contributed by atoms with Crippen molar-refractivity contribution in [1.29, 1.82) is 0 Å². The standard InChI is InChI=1S/C21H21N3O4S/c1-13(25)22-19-10-16(6-9-20(19)27-3)24-21(26)15-4-7-18(8-5-15)28-11-17-12-29-14(2)23-17/h4-10,12H,11H2,1-3H3,(H,22,25)(H,24,26). The minimum atomic E-state index is -0.273. The third kappa shape index (κ3) is 5.55. The van der Waals surface area contributed by atoms with Crippen molar-refractivity contribution in [2.75, 3.05) is 17.7 Å². The molecule has 3 aromatic rings. The van der Waals surface area contributed by atoms with Crippen molar-refractivity contribution in [2.24, 2.45) is 0 Å². The molecule has 29 heavy (non-hydrogen) atoms. The van der Waals surface area contributed by atoms with Gasteiger partial charge < -0.3 is 20.1 Å². The molecule has 0 saturated carbocycles. The highest BCUT2D eigenvalue weighted by Gasteiger charge is 2.10. The van der Waals surface area contributed by atoms with Crippen molar-refractivity contribution in [3.63, 3.8) is 0 Å². The zero-order chi connectivity index (χ0) is 20.8. The van der Waals surface area contributed by atoms with E-state index in [9.17, 15) is 9.59 Å². The molecule has 3 rings (SSSR count). The van der Waals surface area contributed by atoms with Gasteiger partial charge in [-0.3, -0.25) is 9.59 Å². The summed E-state index contributed by atoms with van der Waals surface area (Å²) in [5.74, 6) is 0.667. The summed E-state index contributed by atoms with van der Waals surface area (Å²) in [6.45, 7) is 3.74. The molecule has 1 heterocycles. The van der Waals surface area contributed by atoms with Gasteiger partial charge in [-0.05, 0) is 49.4 Å². The minimum Gasteiger partial charge on any atom is -0.495 e. The molecule has 0 aliphatic heterocycles. The number of nitrogens with zero attached hydrogens (tertiary/aromatic N) is 1. The molecule has 2 amide bonds. The molecule has 150 valence electrons. The Morgan fingerprint density at radius 1 is 1.10 bits per heavy atom. The van der Waals surface area contributed by atoms with Crippen LogP contribution in [0.4, 0.5) is 11.4 Å². The van der Waals surface area contributed by atoms with Crippen LogP contribution in [0.5, 0.6) is 11.5 Å². The highest BCUT2D eigenvalue weighted by Crippen LogP contribution is 2.28. The van der Waals surface area contributed by atoms with E-state index in [2.05, 4.69) is 15.6 Å². The van der Waals surface area contributed by atoms with Gasteiger partial charge in [0.1, 0.15) is 18.1 Å². The van der Waals surface area contributed by atoms with Gasteiger partial charge in [0.2, 0.25) is 5.91 Å². The normalized spacial score (nSPS) is 10.3. The van der Waals surface area contributed by atoms with Crippen molar-refractivity contribution in [3.8, 4) is 11.5 Å². The molecule has 0 atom stereocenters. The Bertz CT molecular complexity index is 1020. The number of thiazole rings is 1. The summed E-state index contributed by atoms with van der Waals surface area (Å²) in [7, 11) is 1.51. The topological polar surface area (TPSA) is 89.6 Å². The zero-order valence-electron chi connectivity index (χ0n) is 16.3. The molecule has 0 radical (unpaired) electrons. The number of hydrogen-bond donors (Lipinski definition) is 2. The van der Waals surface area contributed by atoms with E-state index in [4.69, 9.17) is 9.47 Å². The van der Waals surface area contributed by atoms with Crippen LogP contribution in [0.15, 0.2) is 47.8 Å². The molecule has 0 saturated heterocycles. The Balaban J connectivity index is 1.63. The molecule has 7 nitrogen and oxygen atoms in total. The quantitative estimate of drug-likeness (QED) is 0.607. The maximum atomic E-state index is 12.5. The molecule has 0 bridgehead atoms. The summed E-state index contributed by atoms with van der Waals surface area (Å²) in [6, 6.07) is 11.9. The van der Waals surface area contributed by atoms with Gasteiger partial charge in [-0.1, -0.05) is 0 Å². The molecule has 0 aliphatic carbocycles. The number of nitrogens with one attached hydrogen (secondary N) is 2. The average Bonchev–Trinajstić information content (AvgIpc) is 3.12. The van der Waals surface area contributed by atoms with Gasteiger partial charge in [-0.2, -0.15) is 0 Å². The van der Waals surface area contributed by atoms with Gasteiger partial charge in [0.05, 0.1) is 23.5 Å². The lowest BCUT2D eigenvalue weighted by Crippen LogP contribution is -2.13. The van der Waals surface area contributed by atoms with E-state index in [-0.39, 0.29) is 11.8 Å². The predicted octanol–water partition coefficient (Wildman–Crippen LogP) is 4.25. The van der Waals surface area contributed by atoms with E-state index in [1.165, 1.54) is 14.0 Å². The Hall–Kier alpha value is -3.39. The number of aryl methyl sites for hydroxylation is 1. The lowest BCUT2D eigenvalue weighted by molar-refractivity contribution is -0.114. The highest BCUT2D eigenvalue weighted by atomic mass is 32.1. The fourth-order valence-corrected chi connectivity index (χ4v) is 3.21. The molecule has 0 spiro atoms. The van der Waals surface area contributed by atoms with E-state index in [1.54, 1.807) is 53.8 Å². The lowest BCUT2D eigenvalue weighted by Gasteiger charge is -2.12. The second kappa shape index (κ2) is 9.20. The Kier molecular flexibility index (Phi) is 6.46. The fraction of sp³-hybridized carbons (Fsp3) is 0.190. The third-order valence-corrected chi connectivity index (χ3v) is 4.76. The largest absolute Gasteiger partial charge is 0.495 e. The van der Waals surface area contributed by atoms with E-state index >= 15 is 0 Å². The van der Waals surface area contributed by atoms with Crippen molar-refractivity contribution in [2.45, 2.75) is 20.5 Å². The molecule has 0 aliphatic rings. The van der Waals surface area contributed by atoms with Crippen LogP contribution in [0.3, 0.4) is 0 Å². The number of hydrogen-bond acceptors (Lipinski definition) is 6.